The molecule has 0 saturated carbocycles. The standard InChI is InChI=1S/C13H12ClNO2S/c1-17-13-7-3-5-11(15-13)9-18(16)12-6-2-4-10(14)8-12/h2-8H,9H2,1H3. The molecule has 1 aromatic heterocycles. The predicted octanol–water partition coefficient (Wildman–Crippen LogP) is 3.05. The SMILES string of the molecule is COc1cccc(CS(=O)c2cccc(Cl)c2)n1. The molecule has 1 heterocycles. The lowest BCUT2D eigenvalue weighted by molar-refractivity contribution is 0.397. The van der Waals surface area contributed by atoms with Crippen LogP contribution in [0.15, 0.2) is 47.4 Å². The molecule has 0 bridgehead atoms. The number of halogens is 1. The Bertz CT molecular complexity index is 574. The molecule has 0 spiro atoms. The molecule has 2 rings (SSSR count). The maximum atomic E-state index is 12.1. The Balaban J connectivity index is 2.16. The highest BCUT2D eigenvalue weighted by molar-refractivity contribution is 7.84. The number of methoxy groups -OCH3 is 1. The van der Waals surface area contributed by atoms with Crippen LogP contribution >= 0.6 is 11.6 Å². The molecule has 1 unspecified atom stereocenters. The zero-order valence-electron chi connectivity index (χ0n) is 9.80. The quantitative estimate of drug-likeness (QED) is 0.865. The summed E-state index contributed by atoms with van der Waals surface area (Å²) < 4.78 is 17.2. The molecule has 0 aliphatic heterocycles. The summed E-state index contributed by atoms with van der Waals surface area (Å²) >= 11 is 5.87. The van der Waals surface area contributed by atoms with Gasteiger partial charge in [-0.25, -0.2) is 4.98 Å². The minimum atomic E-state index is -1.16. The molecular formula is C13H12ClNO2S. The first-order valence-electron chi connectivity index (χ1n) is 5.33. The van der Waals surface area contributed by atoms with E-state index in [0.29, 0.717) is 21.6 Å². The molecule has 0 radical (unpaired) electrons. The Morgan fingerprint density at radius 1 is 1.28 bits per heavy atom. The van der Waals surface area contributed by atoms with E-state index in [9.17, 15) is 4.21 Å². The number of hydrogen-bond donors (Lipinski definition) is 0. The van der Waals surface area contributed by atoms with Crippen LogP contribution in [0.1, 0.15) is 5.69 Å². The third-order valence-corrected chi connectivity index (χ3v) is 3.90. The molecule has 94 valence electrons. The Morgan fingerprint density at radius 3 is 2.78 bits per heavy atom. The molecule has 0 fully saturated rings. The fraction of sp³-hybridized carbons (Fsp3) is 0.154. The second-order valence-electron chi connectivity index (χ2n) is 3.62. The van der Waals surface area contributed by atoms with Gasteiger partial charge in [0, 0.05) is 16.0 Å². The molecule has 2 aromatic rings. The van der Waals surface area contributed by atoms with Crippen molar-refractivity contribution in [2.24, 2.45) is 0 Å². The normalized spacial score (nSPS) is 12.1. The minimum absolute atomic E-state index is 0.345. The summed E-state index contributed by atoms with van der Waals surface area (Å²) in [7, 11) is 0.398. The highest BCUT2D eigenvalue weighted by atomic mass is 35.5. The average Bonchev–Trinajstić information content (AvgIpc) is 2.39. The Morgan fingerprint density at radius 2 is 2.06 bits per heavy atom. The van der Waals surface area contributed by atoms with Gasteiger partial charge in [0.05, 0.1) is 29.4 Å². The summed E-state index contributed by atoms with van der Waals surface area (Å²) in [6, 6.07) is 12.5. The van der Waals surface area contributed by atoms with Crippen molar-refractivity contribution in [1.82, 2.24) is 4.98 Å². The van der Waals surface area contributed by atoms with Crippen LogP contribution in [0.25, 0.3) is 0 Å². The van der Waals surface area contributed by atoms with Crippen LogP contribution in [0.2, 0.25) is 5.02 Å². The number of rotatable bonds is 4. The number of ether oxygens (including phenoxy) is 1. The zero-order chi connectivity index (χ0) is 13.0. The van der Waals surface area contributed by atoms with E-state index in [0.717, 1.165) is 5.69 Å². The lowest BCUT2D eigenvalue weighted by Gasteiger charge is -2.04. The van der Waals surface area contributed by atoms with E-state index in [-0.39, 0.29) is 0 Å². The summed E-state index contributed by atoms with van der Waals surface area (Å²) in [5.74, 6) is 0.868. The lowest BCUT2D eigenvalue weighted by Crippen LogP contribution is -1.99. The van der Waals surface area contributed by atoms with Crippen molar-refractivity contribution in [3.8, 4) is 5.88 Å². The summed E-state index contributed by atoms with van der Waals surface area (Å²) in [6.45, 7) is 0. The predicted molar refractivity (Wildman–Crippen MR) is 72.4 cm³/mol. The van der Waals surface area contributed by atoms with Crippen molar-refractivity contribution in [3.63, 3.8) is 0 Å². The largest absolute Gasteiger partial charge is 0.481 e. The molecule has 1 aromatic carbocycles. The van der Waals surface area contributed by atoms with Gasteiger partial charge in [0.1, 0.15) is 0 Å². The van der Waals surface area contributed by atoms with Crippen LogP contribution < -0.4 is 4.74 Å². The van der Waals surface area contributed by atoms with Crippen LogP contribution in [-0.4, -0.2) is 16.3 Å². The van der Waals surface area contributed by atoms with Gasteiger partial charge >= 0.3 is 0 Å². The van der Waals surface area contributed by atoms with Crippen molar-refractivity contribution in [3.05, 3.63) is 53.2 Å². The Kier molecular flexibility index (Phi) is 4.33. The van der Waals surface area contributed by atoms with Crippen LogP contribution in [0.4, 0.5) is 0 Å². The summed E-state index contributed by atoms with van der Waals surface area (Å²) in [6.07, 6.45) is 0. The number of nitrogens with zero attached hydrogens (tertiary/aromatic N) is 1. The summed E-state index contributed by atoms with van der Waals surface area (Å²) in [5.41, 5.74) is 0.729. The molecule has 5 heteroatoms. The third-order valence-electron chi connectivity index (χ3n) is 2.33. The maximum Gasteiger partial charge on any atom is 0.213 e. The van der Waals surface area contributed by atoms with Gasteiger partial charge in [-0.15, -0.1) is 0 Å². The van der Waals surface area contributed by atoms with E-state index in [2.05, 4.69) is 4.98 Å². The van der Waals surface area contributed by atoms with Gasteiger partial charge in [-0.2, -0.15) is 0 Å². The zero-order valence-corrected chi connectivity index (χ0v) is 11.4. The maximum absolute atomic E-state index is 12.1. The molecule has 0 amide bonds. The van der Waals surface area contributed by atoms with Crippen molar-refractivity contribution in [2.45, 2.75) is 10.6 Å². The molecule has 0 aliphatic rings. The second-order valence-corrected chi connectivity index (χ2v) is 5.51. The first-order chi connectivity index (χ1) is 8.69. The highest BCUT2D eigenvalue weighted by Crippen LogP contribution is 2.17. The monoisotopic (exact) mass is 281 g/mol. The van der Waals surface area contributed by atoms with Gasteiger partial charge in [-0.1, -0.05) is 23.7 Å². The smallest absolute Gasteiger partial charge is 0.213 e. The third kappa shape index (κ3) is 3.31. The minimum Gasteiger partial charge on any atom is -0.481 e. The van der Waals surface area contributed by atoms with Gasteiger partial charge in [0.25, 0.3) is 0 Å². The first-order valence-corrected chi connectivity index (χ1v) is 7.02. The van der Waals surface area contributed by atoms with Gasteiger partial charge in [0.15, 0.2) is 0 Å². The highest BCUT2D eigenvalue weighted by Gasteiger charge is 2.07. The molecule has 0 saturated heterocycles. The van der Waals surface area contributed by atoms with Crippen molar-refractivity contribution in [2.75, 3.05) is 7.11 Å². The number of aromatic nitrogens is 1. The van der Waals surface area contributed by atoms with E-state index >= 15 is 0 Å². The summed E-state index contributed by atoms with van der Waals surface area (Å²) in [4.78, 5) is 4.93. The van der Waals surface area contributed by atoms with Crippen LogP contribution in [0, 0.1) is 0 Å². The van der Waals surface area contributed by atoms with Crippen LogP contribution in [0.5, 0.6) is 5.88 Å². The van der Waals surface area contributed by atoms with Crippen molar-refractivity contribution >= 4 is 22.4 Å². The second kappa shape index (κ2) is 5.98. The fourth-order valence-corrected chi connectivity index (χ4v) is 2.82. The van der Waals surface area contributed by atoms with E-state index in [4.69, 9.17) is 16.3 Å². The molecule has 3 nitrogen and oxygen atoms in total. The average molecular weight is 282 g/mol. The fourth-order valence-electron chi connectivity index (χ4n) is 1.48. The van der Waals surface area contributed by atoms with Crippen molar-refractivity contribution < 1.29 is 8.95 Å². The van der Waals surface area contributed by atoms with E-state index in [1.165, 1.54) is 0 Å². The molecule has 0 N–H and O–H groups in total. The number of hydrogen-bond acceptors (Lipinski definition) is 3. The summed E-state index contributed by atoms with van der Waals surface area (Å²) in [5, 5.41) is 0.583. The van der Waals surface area contributed by atoms with Gasteiger partial charge in [-0.05, 0) is 24.3 Å². The first kappa shape index (κ1) is 13.1. The van der Waals surface area contributed by atoms with Crippen molar-refractivity contribution in [1.29, 1.82) is 0 Å². The van der Waals surface area contributed by atoms with Gasteiger partial charge in [-0.3, -0.25) is 4.21 Å². The van der Waals surface area contributed by atoms with Crippen LogP contribution in [-0.2, 0) is 16.6 Å². The molecule has 0 aliphatic carbocycles. The number of pyridine rings is 1. The topological polar surface area (TPSA) is 39.2 Å². The number of benzene rings is 1. The van der Waals surface area contributed by atoms with E-state index in [1.807, 2.05) is 12.1 Å². The Hall–Kier alpha value is -1.39. The Labute approximate surface area is 113 Å². The van der Waals surface area contributed by atoms with Gasteiger partial charge < -0.3 is 4.74 Å². The molecule has 18 heavy (non-hydrogen) atoms. The van der Waals surface area contributed by atoms with E-state index in [1.54, 1.807) is 37.4 Å². The van der Waals surface area contributed by atoms with E-state index < -0.39 is 10.8 Å². The molecular weight excluding hydrogens is 270 g/mol. The molecule has 1 atom stereocenters. The van der Waals surface area contributed by atoms with Crippen LogP contribution in [0.3, 0.4) is 0 Å². The lowest BCUT2D eigenvalue weighted by atomic mass is 10.4. The van der Waals surface area contributed by atoms with Gasteiger partial charge in [0.2, 0.25) is 5.88 Å².